The minimum Gasteiger partial charge on any atom is -0.337 e. The molecule has 2 heterocycles. The molecule has 40 heavy (non-hydrogen) atoms. The number of benzene rings is 5. The lowest BCUT2D eigenvalue weighted by Gasteiger charge is -2.07. The molecule has 6 aromatic rings. The molecule has 0 radical (unpaired) electrons. The molecule has 3 nitrogen and oxygen atoms in total. The third-order valence-electron chi connectivity index (χ3n) is 7.35. The van der Waals surface area contributed by atoms with Gasteiger partial charge in [-0.3, -0.25) is 4.99 Å². The average molecular weight is 514 g/mol. The Bertz CT molecular complexity index is 1760. The van der Waals surface area contributed by atoms with Crippen molar-refractivity contribution in [1.29, 1.82) is 0 Å². The van der Waals surface area contributed by atoms with Crippen LogP contribution in [0.2, 0.25) is 0 Å². The highest BCUT2D eigenvalue weighted by atomic mass is 14.9. The predicted molar refractivity (Wildman–Crippen MR) is 166 cm³/mol. The molecule has 190 valence electrons. The first-order valence-corrected chi connectivity index (χ1v) is 13.6. The largest absolute Gasteiger partial charge is 0.337 e. The molecule has 0 saturated carbocycles. The number of nitrogens with zero attached hydrogens (tertiary/aromatic N) is 2. The Balaban J connectivity index is 1.23. The molecule has 1 aliphatic rings. The van der Waals surface area contributed by atoms with Crippen LogP contribution in [0, 0.1) is 0 Å². The van der Waals surface area contributed by atoms with Crippen molar-refractivity contribution in [3.8, 4) is 33.9 Å². The molecule has 1 N–H and O–H groups in total. The maximum Gasteiger partial charge on any atom is 0.138 e. The van der Waals surface area contributed by atoms with Crippen LogP contribution in [-0.4, -0.2) is 15.7 Å². The van der Waals surface area contributed by atoms with E-state index in [2.05, 4.69) is 132 Å². The molecule has 1 aliphatic heterocycles. The fourth-order valence-corrected chi connectivity index (χ4v) is 5.32. The number of aliphatic imine (C=N–C) groups is 1. The Labute approximate surface area is 234 Å². The second-order valence-electron chi connectivity index (χ2n) is 9.91. The summed E-state index contributed by atoms with van der Waals surface area (Å²) in [5.74, 6) is 0.852. The quantitative estimate of drug-likeness (QED) is 0.237. The summed E-state index contributed by atoms with van der Waals surface area (Å²) in [5, 5.41) is 0. The van der Waals surface area contributed by atoms with Crippen LogP contribution in [0.5, 0.6) is 0 Å². The van der Waals surface area contributed by atoms with E-state index in [0.29, 0.717) is 0 Å². The van der Waals surface area contributed by atoms with Gasteiger partial charge in [-0.15, -0.1) is 0 Å². The van der Waals surface area contributed by atoms with Crippen LogP contribution >= 0.6 is 0 Å². The summed E-state index contributed by atoms with van der Waals surface area (Å²) >= 11 is 0. The fraction of sp³-hybridized carbons (Fsp3) is 0.0270. The minimum absolute atomic E-state index is 0.796. The SMILES string of the molecule is c1ccc(C2=C(c3ccccc3)N=C(c3ccc(-c4nc(-c5ccccc5)c(-c5ccccc5)[nH]4)cc3)C2)cc1. The molecule has 0 atom stereocenters. The predicted octanol–water partition coefficient (Wildman–Crippen LogP) is 9.17. The Hall–Kier alpha value is -5.28. The van der Waals surface area contributed by atoms with Gasteiger partial charge in [0.25, 0.3) is 0 Å². The summed E-state index contributed by atoms with van der Waals surface area (Å²) in [4.78, 5) is 13.8. The van der Waals surface area contributed by atoms with Crippen molar-refractivity contribution in [2.75, 3.05) is 0 Å². The van der Waals surface area contributed by atoms with Crippen molar-refractivity contribution in [3.63, 3.8) is 0 Å². The van der Waals surface area contributed by atoms with Gasteiger partial charge >= 0.3 is 0 Å². The first kappa shape index (κ1) is 23.8. The summed E-state index contributed by atoms with van der Waals surface area (Å²) in [6, 6.07) is 50.4. The van der Waals surface area contributed by atoms with Gasteiger partial charge in [0.05, 0.1) is 22.8 Å². The highest BCUT2D eigenvalue weighted by molar-refractivity contribution is 6.17. The molecule has 0 aliphatic carbocycles. The fourth-order valence-electron chi connectivity index (χ4n) is 5.32. The van der Waals surface area contributed by atoms with Crippen molar-refractivity contribution in [1.82, 2.24) is 9.97 Å². The van der Waals surface area contributed by atoms with Gasteiger partial charge in [-0.2, -0.15) is 0 Å². The molecule has 0 unspecified atom stereocenters. The zero-order valence-electron chi connectivity index (χ0n) is 22.0. The van der Waals surface area contributed by atoms with Gasteiger partial charge in [-0.05, 0) is 16.7 Å². The Morgan fingerprint density at radius 2 is 0.950 bits per heavy atom. The van der Waals surface area contributed by atoms with E-state index in [1.54, 1.807) is 0 Å². The van der Waals surface area contributed by atoms with Crippen LogP contribution in [0.15, 0.2) is 151 Å². The van der Waals surface area contributed by atoms with E-state index in [1.165, 1.54) is 11.1 Å². The third kappa shape index (κ3) is 4.59. The Morgan fingerprint density at radius 1 is 0.450 bits per heavy atom. The molecule has 1 aromatic heterocycles. The lowest BCUT2D eigenvalue weighted by atomic mass is 9.96. The standard InChI is InChI=1S/C37H27N3/c1-5-13-26(14-6-1)32-25-33(38-34(32)28-15-7-2-8-16-28)27-21-23-31(24-22-27)37-39-35(29-17-9-3-10-18-29)36(40-37)30-19-11-4-12-20-30/h1-24H,25H2,(H,39,40). The van der Waals surface area contributed by atoms with E-state index in [0.717, 1.165) is 62.9 Å². The van der Waals surface area contributed by atoms with Crippen molar-refractivity contribution < 1.29 is 0 Å². The Morgan fingerprint density at radius 3 is 1.55 bits per heavy atom. The maximum atomic E-state index is 5.16. The number of hydrogen-bond donors (Lipinski definition) is 1. The number of hydrogen-bond acceptors (Lipinski definition) is 2. The molecule has 3 heteroatoms. The van der Waals surface area contributed by atoms with Crippen LogP contribution in [0.4, 0.5) is 0 Å². The molecule has 7 rings (SSSR count). The summed E-state index contributed by atoms with van der Waals surface area (Å²) in [5.41, 5.74) is 12.1. The first-order valence-electron chi connectivity index (χ1n) is 13.6. The second-order valence-corrected chi connectivity index (χ2v) is 9.91. The average Bonchev–Trinajstić information content (AvgIpc) is 3.69. The first-order chi connectivity index (χ1) is 19.8. The van der Waals surface area contributed by atoms with Crippen molar-refractivity contribution in [2.24, 2.45) is 4.99 Å². The third-order valence-corrected chi connectivity index (χ3v) is 7.35. The molecular formula is C37H27N3. The van der Waals surface area contributed by atoms with Crippen LogP contribution in [-0.2, 0) is 0 Å². The van der Waals surface area contributed by atoms with Crippen LogP contribution < -0.4 is 0 Å². The summed E-state index contributed by atoms with van der Waals surface area (Å²) in [6.45, 7) is 0. The number of rotatable bonds is 6. The molecule has 5 aromatic carbocycles. The summed E-state index contributed by atoms with van der Waals surface area (Å²) in [6.07, 6.45) is 0.796. The van der Waals surface area contributed by atoms with Gasteiger partial charge in [-0.25, -0.2) is 4.98 Å². The zero-order valence-corrected chi connectivity index (χ0v) is 22.0. The van der Waals surface area contributed by atoms with Gasteiger partial charge in [0.15, 0.2) is 0 Å². The molecule has 0 bridgehead atoms. The molecule has 0 saturated heterocycles. The number of aromatic nitrogens is 2. The smallest absolute Gasteiger partial charge is 0.138 e. The Kier molecular flexibility index (Phi) is 6.23. The van der Waals surface area contributed by atoms with E-state index in [4.69, 9.17) is 9.98 Å². The molecule has 0 spiro atoms. The lowest BCUT2D eigenvalue weighted by Crippen LogP contribution is -1.98. The van der Waals surface area contributed by atoms with Gasteiger partial charge in [0, 0.05) is 28.7 Å². The van der Waals surface area contributed by atoms with E-state index < -0.39 is 0 Å². The van der Waals surface area contributed by atoms with Crippen molar-refractivity contribution >= 4 is 17.0 Å². The van der Waals surface area contributed by atoms with Crippen LogP contribution in [0.3, 0.4) is 0 Å². The van der Waals surface area contributed by atoms with E-state index in [-0.39, 0.29) is 0 Å². The van der Waals surface area contributed by atoms with E-state index in [1.807, 2.05) is 18.2 Å². The number of nitrogens with one attached hydrogen (secondary N) is 1. The lowest BCUT2D eigenvalue weighted by molar-refractivity contribution is 1.31. The number of H-pyrrole nitrogens is 1. The topological polar surface area (TPSA) is 41.0 Å². The van der Waals surface area contributed by atoms with E-state index >= 15 is 0 Å². The maximum absolute atomic E-state index is 5.16. The van der Waals surface area contributed by atoms with Gasteiger partial charge in [-0.1, -0.05) is 146 Å². The van der Waals surface area contributed by atoms with Crippen molar-refractivity contribution in [2.45, 2.75) is 6.42 Å². The normalized spacial score (nSPS) is 12.9. The molecule has 0 fully saturated rings. The number of aromatic amines is 1. The highest BCUT2D eigenvalue weighted by Gasteiger charge is 2.22. The summed E-state index contributed by atoms with van der Waals surface area (Å²) in [7, 11) is 0. The second kappa shape index (κ2) is 10.5. The molecule has 0 amide bonds. The van der Waals surface area contributed by atoms with E-state index in [9.17, 15) is 0 Å². The van der Waals surface area contributed by atoms with Gasteiger partial charge < -0.3 is 4.98 Å². The number of imidazole rings is 1. The van der Waals surface area contributed by atoms with Gasteiger partial charge in [0.1, 0.15) is 5.82 Å². The zero-order chi connectivity index (χ0) is 26.7. The number of allylic oxidation sites excluding steroid dienone is 1. The summed E-state index contributed by atoms with van der Waals surface area (Å²) < 4.78 is 0. The van der Waals surface area contributed by atoms with Crippen LogP contribution in [0.1, 0.15) is 23.1 Å². The van der Waals surface area contributed by atoms with Gasteiger partial charge in [0.2, 0.25) is 0 Å². The van der Waals surface area contributed by atoms with Crippen molar-refractivity contribution in [3.05, 3.63) is 162 Å². The molecular weight excluding hydrogens is 486 g/mol. The highest BCUT2D eigenvalue weighted by Crippen LogP contribution is 2.38. The monoisotopic (exact) mass is 513 g/mol. The minimum atomic E-state index is 0.796. The van der Waals surface area contributed by atoms with Crippen LogP contribution in [0.25, 0.3) is 45.2 Å².